The van der Waals surface area contributed by atoms with Crippen LogP contribution in [-0.4, -0.2) is 36.4 Å². The van der Waals surface area contributed by atoms with E-state index in [1.54, 1.807) is 31.3 Å². The first-order valence-electron chi connectivity index (χ1n) is 8.49. The molecule has 130 valence electrons. The topological polar surface area (TPSA) is 58.6 Å². The fourth-order valence-electron chi connectivity index (χ4n) is 2.97. The second-order valence-electron chi connectivity index (χ2n) is 6.10. The molecule has 0 aliphatic carbocycles. The summed E-state index contributed by atoms with van der Waals surface area (Å²) in [4.78, 5) is 26.1. The number of likely N-dealkylation sites (tertiary alicyclic amines) is 1. The largest absolute Gasteiger partial charge is 0.481 e. The van der Waals surface area contributed by atoms with Crippen LogP contribution in [0.5, 0.6) is 5.75 Å². The smallest absolute Gasteiger partial charge is 0.263 e. The number of nitrogens with zero attached hydrogens (tertiary/aromatic N) is 1. The van der Waals surface area contributed by atoms with E-state index in [4.69, 9.17) is 4.74 Å². The fraction of sp³-hybridized carbons (Fsp3) is 0.300. The zero-order valence-electron chi connectivity index (χ0n) is 14.3. The molecule has 2 aromatic rings. The summed E-state index contributed by atoms with van der Waals surface area (Å²) in [6.07, 6.45) is 1.16. The van der Waals surface area contributed by atoms with Gasteiger partial charge in [0.05, 0.1) is 0 Å². The van der Waals surface area contributed by atoms with Crippen LogP contribution >= 0.6 is 0 Å². The molecular formula is C20H22N2O3. The predicted octanol–water partition coefficient (Wildman–Crippen LogP) is 2.62. The van der Waals surface area contributed by atoms with Crippen LogP contribution in [0.4, 0.5) is 0 Å². The van der Waals surface area contributed by atoms with E-state index in [0.29, 0.717) is 24.3 Å². The Bertz CT molecular complexity index is 728. The van der Waals surface area contributed by atoms with Crippen molar-refractivity contribution in [3.8, 4) is 5.75 Å². The molecule has 5 heteroatoms. The van der Waals surface area contributed by atoms with Crippen LogP contribution in [-0.2, 0) is 11.3 Å². The normalized spacial score (nSPS) is 17.2. The molecule has 1 fully saturated rings. The van der Waals surface area contributed by atoms with Crippen LogP contribution in [0.1, 0.15) is 28.8 Å². The second kappa shape index (κ2) is 7.83. The molecule has 1 saturated heterocycles. The van der Waals surface area contributed by atoms with Crippen molar-refractivity contribution in [2.45, 2.75) is 25.5 Å². The standard InChI is InChI=1S/C20H22N2O3/c1-21-19(23)16-9-11-17(12-10-16)25-18-8-5-13-22(20(18)24)14-15-6-3-2-4-7-15/h2-4,6-7,9-12,18H,5,8,13-14H2,1H3,(H,21,23)/t18-/m0/s1. The summed E-state index contributed by atoms with van der Waals surface area (Å²) < 4.78 is 5.88. The molecule has 3 rings (SSSR count). The molecule has 1 aliphatic heterocycles. The van der Waals surface area contributed by atoms with Crippen molar-refractivity contribution in [1.82, 2.24) is 10.2 Å². The van der Waals surface area contributed by atoms with Gasteiger partial charge in [-0.3, -0.25) is 9.59 Å². The maximum atomic E-state index is 12.7. The van der Waals surface area contributed by atoms with Gasteiger partial charge >= 0.3 is 0 Å². The van der Waals surface area contributed by atoms with Gasteiger partial charge in [-0.1, -0.05) is 30.3 Å². The van der Waals surface area contributed by atoms with E-state index >= 15 is 0 Å². The number of carbonyl (C=O) groups is 2. The van der Waals surface area contributed by atoms with Crippen LogP contribution in [0.3, 0.4) is 0 Å². The van der Waals surface area contributed by atoms with Gasteiger partial charge < -0.3 is 15.0 Å². The molecule has 0 saturated carbocycles. The summed E-state index contributed by atoms with van der Waals surface area (Å²) in [7, 11) is 1.59. The molecule has 25 heavy (non-hydrogen) atoms. The molecule has 0 bridgehead atoms. The minimum atomic E-state index is -0.469. The van der Waals surface area contributed by atoms with Gasteiger partial charge in [-0.05, 0) is 42.7 Å². The van der Waals surface area contributed by atoms with Crippen LogP contribution in [0.2, 0.25) is 0 Å². The number of hydrogen-bond acceptors (Lipinski definition) is 3. The lowest BCUT2D eigenvalue weighted by atomic mass is 10.1. The zero-order valence-corrected chi connectivity index (χ0v) is 14.3. The Labute approximate surface area is 147 Å². The second-order valence-corrected chi connectivity index (χ2v) is 6.10. The fourth-order valence-corrected chi connectivity index (χ4v) is 2.97. The third-order valence-corrected chi connectivity index (χ3v) is 4.32. The highest BCUT2D eigenvalue weighted by Gasteiger charge is 2.30. The van der Waals surface area contributed by atoms with Crippen molar-refractivity contribution in [2.24, 2.45) is 0 Å². The minimum absolute atomic E-state index is 0.0190. The summed E-state index contributed by atoms with van der Waals surface area (Å²) in [6, 6.07) is 16.8. The van der Waals surface area contributed by atoms with E-state index in [2.05, 4.69) is 5.32 Å². The molecule has 5 nitrogen and oxygen atoms in total. The Balaban J connectivity index is 1.64. The summed E-state index contributed by atoms with van der Waals surface area (Å²) in [5.74, 6) is 0.479. The minimum Gasteiger partial charge on any atom is -0.481 e. The summed E-state index contributed by atoms with van der Waals surface area (Å²) >= 11 is 0. The Hall–Kier alpha value is -2.82. The van der Waals surface area contributed by atoms with Gasteiger partial charge in [0.15, 0.2) is 6.10 Å². The van der Waals surface area contributed by atoms with Gasteiger partial charge in [-0.15, -0.1) is 0 Å². The third-order valence-electron chi connectivity index (χ3n) is 4.32. The van der Waals surface area contributed by atoms with Crippen molar-refractivity contribution in [3.05, 3.63) is 65.7 Å². The lowest BCUT2D eigenvalue weighted by Crippen LogP contribution is -2.46. The number of piperidine rings is 1. The summed E-state index contributed by atoms with van der Waals surface area (Å²) in [6.45, 7) is 1.36. The van der Waals surface area contributed by atoms with E-state index < -0.39 is 6.10 Å². The maximum Gasteiger partial charge on any atom is 0.263 e. The number of benzene rings is 2. The molecule has 0 aromatic heterocycles. The van der Waals surface area contributed by atoms with Gasteiger partial charge in [-0.2, -0.15) is 0 Å². The highest BCUT2D eigenvalue weighted by molar-refractivity contribution is 5.94. The molecule has 1 atom stereocenters. The van der Waals surface area contributed by atoms with Gasteiger partial charge in [0, 0.05) is 25.7 Å². The van der Waals surface area contributed by atoms with Crippen LogP contribution in [0.25, 0.3) is 0 Å². The number of hydrogen-bond donors (Lipinski definition) is 1. The quantitative estimate of drug-likeness (QED) is 0.912. The lowest BCUT2D eigenvalue weighted by Gasteiger charge is -2.32. The molecule has 1 aliphatic rings. The van der Waals surface area contributed by atoms with Gasteiger partial charge in [0.25, 0.3) is 11.8 Å². The van der Waals surface area contributed by atoms with Crippen LogP contribution in [0.15, 0.2) is 54.6 Å². The maximum absolute atomic E-state index is 12.7. The number of ether oxygens (including phenoxy) is 1. The van der Waals surface area contributed by atoms with Gasteiger partial charge in [0.1, 0.15) is 5.75 Å². The Morgan fingerprint density at radius 1 is 1.16 bits per heavy atom. The van der Waals surface area contributed by atoms with Gasteiger partial charge in [-0.25, -0.2) is 0 Å². The SMILES string of the molecule is CNC(=O)c1ccc(O[C@H]2CCCN(Cc3ccccc3)C2=O)cc1. The number of amides is 2. The van der Waals surface area contributed by atoms with E-state index in [9.17, 15) is 9.59 Å². The van der Waals surface area contributed by atoms with Crippen molar-refractivity contribution >= 4 is 11.8 Å². The van der Waals surface area contributed by atoms with Crippen molar-refractivity contribution in [1.29, 1.82) is 0 Å². The highest BCUT2D eigenvalue weighted by Crippen LogP contribution is 2.21. The molecule has 0 unspecified atom stereocenters. The first kappa shape index (κ1) is 17.0. The lowest BCUT2D eigenvalue weighted by molar-refractivity contribution is -0.142. The van der Waals surface area contributed by atoms with E-state index in [-0.39, 0.29) is 11.8 Å². The Morgan fingerprint density at radius 2 is 1.88 bits per heavy atom. The number of carbonyl (C=O) groups excluding carboxylic acids is 2. The van der Waals surface area contributed by atoms with E-state index in [1.807, 2.05) is 35.2 Å². The van der Waals surface area contributed by atoms with Crippen LogP contribution in [0, 0.1) is 0 Å². The summed E-state index contributed by atoms with van der Waals surface area (Å²) in [5, 5.41) is 2.58. The monoisotopic (exact) mass is 338 g/mol. The molecule has 0 spiro atoms. The first-order chi connectivity index (χ1) is 12.2. The molecular weight excluding hydrogens is 316 g/mol. The predicted molar refractivity (Wildman–Crippen MR) is 95.3 cm³/mol. The Morgan fingerprint density at radius 3 is 2.56 bits per heavy atom. The Kier molecular flexibility index (Phi) is 5.33. The molecule has 0 radical (unpaired) electrons. The van der Waals surface area contributed by atoms with E-state index in [1.165, 1.54) is 0 Å². The molecule has 2 aromatic carbocycles. The van der Waals surface area contributed by atoms with Gasteiger partial charge in [0.2, 0.25) is 0 Å². The average Bonchev–Trinajstić information content (AvgIpc) is 2.66. The highest BCUT2D eigenvalue weighted by atomic mass is 16.5. The third kappa shape index (κ3) is 4.18. The number of rotatable bonds is 5. The van der Waals surface area contributed by atoms with Crippen molar-refractivity contribution in [3.63, 3.8) is 0 Å². The van der Waals surface area contributed by atoms with Crippen molar-refractivity contribution in [2.75, 3.05) is 13.6 Å². The van der Waals surface area contributed by atoms with Crippen molar-refractivity contribution < 1.29 is 14.3 Å². The molecule has 1 N–H and O–H groups in total. The summed E-state index contributed by atoms with van der Waals surface area (Å²) in [5.41, 5.74) is 1.68. The zero-order chi connectivity index (χ0) is 17.6. The average molecular weight is 338 g/mol. The van der Waals surface area contributed by atoms with Crippen LogP contribution < -0.4 is 10.1 Å². The first-order valence-corrected chi connectivity index (χ1v) is 8.49. The molecule has 2 amide bonds. The van der Waals surface area contributed by atoms with E-state index in [0.717, 1.165) is 18.5 Å². The molecule has 1 heterocycles. The number of nitrogens with one attached hydrogen (secondary N) is 1.